The fourth-order valence-electron chi connectivity index (χ4n) is 1.39. The smallest absolute Gasteiger partial charge is 0.222 e. The van der Waals surface area contributed by atoms with Crippen LogP contribution in [0.3, 0.4) is 0 Å². The van der Waals surface area contributed by atoms with Gasteiger partial charge in [0.2, 0.25) is 5.91 Å². The van der Waals surface area contributed by atoms with E-state index in [4.69, 9.17) is 0 Å². The molecule has 0 rings (SSSR count). The van der Waals surface area contributed by atoms with Crippen molar-refractivity contribution in [1.82, 2.24) is 10.6 Å². The summed E-state index contributed by atoms with van der Waals surface area (Å²) in [6.45, 7) is 9.99. The Hall–Kier alpha value is -0.570. The van der Waals surface area contributed by atoms with Gasteiger partial charge in [-0.2, -0.15) is 0 Å². The van der Waals surface area contributed by atoms with Crippen LogP contribution in [-0.2, 0) is 4.79 Å². The molecule has 2 N–H and O–H groups in total. The number of hydrogen-bond donors (Lipinski definition) is 2. The van der Waals surface area contributed by atoms with E-state index >= 15 is 0 Å². The molecule has 0 aromatic heterocycles. The van der Waals surface area contributed by atoms with E-state index in [0.29, 0.717) is 6.04 Å². The first-order valence-corrected chi connectivity index (χ1v) is 6.12. The molecule has 90 valence electrons. The van der Waals surface area contributed by atoms with E-state index < -0.39 is 0 Å². The maximum atomic E-state index is 11.2. The van der Waals surface area contributed by atoms with Crippen molar-refractivity contribution in [3.8, 4) is 0 Å². The molecule has 3 nitrogen and oxygen atoms in total. The number of amides is 1. The lowest BCUT2D eigenvalue weighted by Gasteiger charge is -2.14. The molecule has 0 saturated heterocycles. The van der Waals surface area contributed by atoms with Crippen LogP contribution in [-0.4, -0.2) is 25.0 Å². The molecule has 1 amide bonds. The molecule has 0 unspecified atom stereocenters. The summed E-state index contributed by atoms with van der Waals surface area (Å²) in [5.41, 5.74) is 0. The van der Waals surface area contributed by atoms with Gasteiger partial charge in [-0.25, -0.2) is 0 Å². The third-order valence-corrected chi connectivity index (χ3v) is 2.60. The molecule has 0 atom stereocenters. The molecule has 0 spiro atoms. The Balaban J connectivity index is 3.35. The molecule has 0 aliphatic carbocycles. The summed E-state index contributed by atoms with van der Waals surface area (Å²) in [5, 5.41) is 6.38. The molecule has 0 aliphatic rings. The highest BCUT2D eigenvalue weighted by Crippen LogP contribution is 1.95. The van der Waals surface area contributed by atoms with Crippen molar-refractivity contribution in [2.24, 2.45) is 5.92 Å². The molecule has 0 fully saturated rings. The van der Waals surface area contributed by atoms with Gasteiger partial charge in [0.05, 0.1) is 0 Å². The Morgan fingerprint density at radius 1 is 1.13 bits per heavy atom. The van der Waals surface area contributed by atoms with Crippen molar-refractivity contribution in [2.75, 3.05) is 13.1 Å². The average Bonchev–Trinajstić information content (AvgIpc) is 2.23. The molecular weight excluding hydrogens is 188 g/mol. The van der Waals surface area contributed by atoms with E-state index in [2.05, 4.69) is 24.5 Å². The van der Waals surface area contributed by atoms with E-state index in [1.165, 1.54) is 12.8 Å². The number of carbonyl (C=O) groups excluding carboxylic acids is 1. The minimum Gasteiger partial charge on any atom is -0.356 e. The van der Waals surface area contributed by atoms with E-state index in [0.717, 1.165) is 19.5 Å². The van der Waals surface area contributed by atoms with Crippen LogP contribution in [0.5, 0.6) is 0 Å². The van der Waals surface area contributed by atoms with Crippen LogP contribution in [0.2, 0.25) is 0 Å². The highest BCUT2D eigenvalue weighted by Gasteiger charge is 2.05. The van der Waals surface area contributed by atoms with Crippen LogP contribution in [0.15, 0.2) is 0 Å². The van der Waals surface area contributed by atoms with Crippen LogP contribution in [0.1, 0.15) is 47.0 Å². The van der Waals surface area contributed by atoms with Crippen LogP contribution < -0.4 is 10.6 Å². The van der Waals surface area contributed by atoms with E-state index in [1.807, 2.05) is 13.8 Å². The number of carbonyl (C=O) groups is 1. The second-order valence-electron chi connectivity index (χ2n) is 4.27. The van der Waals surface area contributed by atoms with Crippen molar-refractivity contribution in [3.63, 3.8) is 0 Å². The summed E-state index contributed by atoms with van der Waals surface area (Å²) in [6, 6.07) is 0.630. The summed E-state index contributed by atoms with van der Waals surface area (Å²) < 4.78 is 0. The van der Waals surface area contributed by atoms with Crippen molar-refractivity contribution in [1.29, 1.82) is 0 Å². The zero-order valence-electron chi connectivity index (χ0n) is 10.6. The molecule has 0 aliphatic heterocycles. The third-order valence-electron chi connectivity index (χ3n) is 2.60. The lowest BCUT2D eigenvalue weighted by molar-refractivity contribution is -0.123. The van der Waals surface area contributed by atoms with Gasteiger partial charge >= 0.3 is 0 Å². The maximum Gasteiger partial charge on any atom is 0.222 e. The Bertz CT molecular complexity index is 165. The van der Waals surface area contributed by atoms with Crippen molar-refractivity contribution >= 4 is 5.91 Å². The van der Waals surface area contributed by atoms with Gasteiger partial charge in [0.1, 0.15) is 0 Å². The predicted molar refractivity (Wildman–Crippen MR) is 64.8 cm³/mol. The minimum atomic E-state index is 0.0944. The van der Waals surface area contributed by atoms with Gasteiger partial charge in [0.25, 0.3) is 0 Å². The lowest BCUT2D eigenvalue weighted by atomic mass is 10.1. The number of nitrogens with one attached hydrogen (secondary N) is 2. The summed E-state index contributed by atoms with van der Waals surface area (Å²) in [6.07, 6.45) is 3.36. The van der Waals surface area contributed by atoms with Gasteiger partial charge < -0.3 is 10.6 Å². The third kappa shape index (κ3) is 7.37. The van der Waals surface area contributed by atoms with Crippen molar-refractivity contribution in [2.45, 2.75) is 53.0 Å². The lowest BCUT2D eigenvalue weighted by Crippen LogP contribution is -2.33. The fraction of sp³-hybridized carbons (Fsp3) is 0.917. The Labute approximate surface area is 94.0 Å². The van der Waals surface area contributed by atoms with Crippen LogP contribution >= 0.6 is 0 Å². The first-order chi connectivity index (χ1) is 7.11. The Kier molecular flexibility index (Phi) is 8.38. The molecular formula is C12H26N2O. The second kappa shape index (κ2) is 8.72. The Morgan fingerprint density at radius 3 is 2.20 bits per heavy atom. The Morgan fingerprint density at radius 2 is 1.73 bits per heavy atom. The van der Waals surface area contributed by atoms with Gasteiger partial charge in [0, 0.05) is 18.5 Å². The second-order valence-corrected chi connectivity index (χ2v) is 4.27. The summed E-state index contributed by atoms with van der Waals surface area (Å²) in [5.74, 6) is 0.245. The fourth-order valence-corrected chi connectivity index (χ4v) is 1.39. The first-order valence-electron chi connectivity index (χ1n) is 6.12. The normalized spacial score (nSPS) is 11.1. The van der Waals surface area contributed by atoms with Gasteiger partial charge in [-0.3, -0.25) is 4.79 Å². The standard InChI is InChI=1S/C12H26N2O/c1-5-11(6-2)13-8-7-9-14-12(15)10(3)4/h10-11,13H,5-9H2,1-4H3,(H,14,15). The predicted octanol–water partition coefficient (Wildman–Crippen LogP) is 1.93. The molecule has 3 heteroatoms. The van der Waals surface area contributed by atoms with Gasteiger partial charge in [-0.1, -0.05) is 27.7 Å². The van der Waals surface area contributed by atoms with Crippen LogP contribution in [0.4, 0.5) is 0 Å². The minimum absolute atomic E-state index is 0.0944. The largest absolute Gasteiger partial charge is 0.356 e. The first kappa shape index (κ1) is 14.4. The average molecular weight is 214 g/mol. The number of rotatable bonds is 8. The van der Waals surface area contributed by atoms with Crippen molar-refractivity contribution < 1.29 is 4.79 Å². The van der Waals surface area contributed by atoms with E-state index in [-0.39, 0.29) is 11.8 Å². The van der Waals surface area contributed by atoms with E-state index in [1.54, 1.807) is 0 Å². The summed E-state index contributed by atoms with van der Waals surface area (Å²) in [4.78, 5) is 11.2. The highest BCUT2D eigenvalue weighted by atomic mass is 16.1. The maximum absolute atomic E-state index is 11.2. The molecule has 0 bridgehead atoms. The topological polar surface area (TPSA) is 41.1 Å². The number of hydrogen-bond acceptors (Lipinski definition) is 2. The molecule has 0 radical (unpaired) electrons. The zero-order valence-corrected chi connectivity index (χ0v) is 10.6. The monoisotopic (exact) mass is 214 g/mol. The summed E-state index contributed by atoms with van der Waals surface area (Å²) >= 11 is 0. The van der Waals surface area contributed by atoms with E-state index in [9.17, 15) is 4.79 Å². The molecule has 0 heterocycles. The van der Waals surface area contributed by atoms with Crippen LogP contribution in [0, 0.1) is 5.92 Å². The molecule has 0 saturated carbocycles. The molecule has 0 aromatic rings. The zero-order chi connectivity index (χ0) is 11.7. The van der Waals surface area contributed by atoms with Gasteiger partial charge in [-0.15, -0.1) is 0 Å². The molecule has 0 aromatic carbocycles. The summed E-state index contributed by atoms with van der Waals surface area (Å²) in [7, 11) is 0. The van der Waals surface area contributed by atoms with Crippen molar-refractivity contribution in [3.05, 3.63) is 0 Å². The quantitative estimate of drug-likeness (QED) is 0.606. The highest BCUT2D eigenvalue weighted by molar-refractivity contribution is 5.77. The van der Waals surface area contributed by atoms with Gasteiger partial charge in [-0.05, 0) is 25.8 Å². The molecule has 15 heavy (non-hydrogen) atoms. The van der Waals surface area contributed by atoms with Crippen LogP contribution in [0.25, 0.3) is 0 Å². The van der Waals surface area contributed by atoms with Gasteiger partial charge in [0.15, 0.2) is 0 Å². The SMILES string of the molecule is CCC(CC)NCCCNC(=O)C(C)C.